The number of imide groups is 1. The van der Waals surface area contributed by atoms with E-state index >= 15 is 0 Å². The van der Waals surface area contributed by atoms with Crippen LogP contribution < -0.4 is 4.90 Å². The first-order valence-electron chi connectivity index (χ1n) is 16.9. The van der Waals surface area contributed by atoms with Crippen LogP contribution in [0, 0.1) is 39.9 Å². The molecular formula is C37H45NO8. The minimum absolute atomic E-state index is 0.0186. The lowest BCUT2D eigenvalue weighted by molar-refractivity contribution is -0.187. The SMILES string of the molecule is C=CC1=CC2(C3C(=O)N(c4ccc(C(=O)OCC5CO5)cc4)C(=O)C3C)CCC3C(C)(C(=O)OCC4CO4)CCCC3(C)C2CC1. The van der Waals surface area contributed by atoms with E-state index in [1.807, 2.05) is 13.0 Å². The van der Waals surface area contributed by atoms with Gasteiger partial charge in [-0.15, -0.1) is 0 Å². The van der Waals surface area contributed by atoms with Crippen LogP contribution in [0.1, 0.15) is 76.1 Å². The largest absolute Gasteiger partial charge is 0.462 e. The summed E-state index contributed by atoms with van der Waals surface area (Å²) in [6.45, 7) is 12.1. The zero-order chi connectivity index (χ0) is 32.4. The van der Waals surface area contributed by atoms with E-state index in [1.54, 1.807) is 24.3 Å². The van der Waals surface area contributed by atoms with Gasteiger partial charge in [0, 0.05) is 11.3 Å². The molecule has 1 aromatic rings. The number of rotatable bonds is 9. The van der Waals surface area contributed by atoms with E-state index in [1.165, 1.54) is 4.90 Å². The zero-order valence-electron chi connectivity index (χ0n) is 27.1. The average molecular weight is 632 g/mol. The first-order chi connectivity index (χ1) is 22.0. The molecule has 3 aliphatic heterocycles. The normalized spacial score (nSPS) is 39.5. The maximum Gasteiger partial charge on any atom is 0.338 e. The van der Waals surface area contributed by atoms with Gasteiger partial charge in [-0.2, -0.15) is 0 Å². The molecule has 1 aromatic carbocycles. The fourth-order valence-electron chi connectivity index (χ4n) is 9.95. The Bertz CT molecular complexity index is 1480. The number of fused-ring (bicyclic) bond motifs is 3. The number of allylic oxidation sites excluding steroid dienone is 3. The quantitative estimate of drug-likeness (QED) is 0.202. The van der Waals surface area contributed by atoms with Crippen LogP contribution >= 0.6 is 0 Å². The van der Waals surface area contributed by atoms with Gasteiger partial charge in [0.05, 0.1) is 35.8 Å². The summed E-state index contributed by atoms with van der Waals surface area (Å²) in [4.78, 5) is 56.1. The highest BCUT2D eigenvalue weighted by molar-refractivity contribution is 6.22. The Hall–Kier alpha value is -3.30. The highest BCUT2D eigenvalue weighted by atomic mass is 16.6. The molecule has 0 bridgehead atoms. The number of benzene rings is 1. The predicted octanol–water partition coefficient (Wildman–Crippen LogP) is 5.43. The van der Waals surface area contributed by atoms with E-state index in [0.29, 0.717) is 37.5 Å². The Balaban J connectivity index is 1.19. The molecule has 9 heteroatoms. The summed E-state index contributed by atoms with van der Waals surface area (Å²) in [7, 11) is 0. The average Bonchev–Trinajstić information content (AvgIpc) is 3.98. The summed E-state index contributed by atoms with van der Waals surface area (Å²) in [5.74, 6) is -1.89. The van der Waals surface area contributed by atoms with E-state index < -0.39 is 28.6 Å². The van der Waals surface area contributed by atoms with Crippen molar-refractivity contribution in [1.29, 1.82) is 0 Å². The van der Waals surface area contributed by atoms with Crippen molar-refractivity contribution in [2.24, 2.45) is 39.9 Å². The summed E-state index contributed by atoms with van der Waals surface area (Å²) in [6, 6.07) is 6.51. The van der Waals surface area contributed by atoms with Gasteiger partial charge in [0.2, 0.25) is 11.8 Å². The zero-order valence-corrected chi connectivity index (χ0v) is 27.1. The molecule has 9 nitrogen and oxygen atoms in total. The van der Waals surface area contributed by atoms with Gasteiger partial charge < -0.3 is 18.9 Å². The minimum Gasteiger partial charge on any atom is -0.462 e. The van der Waals surface area contributed by atoms with Gasteiger partial charge >= 0.3 is 11.9 Å². The Morgan fingerprint density at radius 2 is 1.63 bits per heavy atom. The molecule has 0 spiro atoms. The third-order valence-electron chi connectivity index (χ3n) is 12.3. The van der Waals surface area contributed by atoms with Crippen molar-refractivity contribution in [2.45, 2.75) is 77.9 Å². The summed E-state index contributed by atoms with van der Waals surface area (Å²) in [5, 5.41) is 0. The van der Waals surface area contributed by atoms with Crippen LogP contribution in [-0.4, -0.2) is 62.4 Å². The first kappa shape index (κ1) is 31.3. The highest BCUT2D eigenvalue weighted by Crippen LogP contribution is 2.70. The van der Waals surface area contributed by atoms with Crippen LogP contribution in [0.2, 0.25) is 0 Å². The molecule has 5 fully saturated rings. The number of anilines is 1. The Morgan fingerprint density at radius 1 is 0.957 bits per heavy atom. The third-order valence-corrected chi connectivity index (χ3v) is 12.3. The van der Waals surface area contributed by atoms with Gasteiger partial charge in [0.25, 0.3) is 0 Å². The van der Waals surface area contributed by atoms with Crippen LogP contribution in [0.25, 0.3) is 0 Å². The number of carbonyl (C=O) groups is 4. The van der Waals surface area contributed by atoms with E-state index in [-0.39, 0.29) is 53.8 Å². The smallest absolute Gasteiger partial charge is 0.338 e. The van der Waals surface area contributed by atoms with Crippen LogP contribution in [0.15, 0.2) is 48.6 Å². The lowest BCUT2D eigenvalue weighted by Gasteiger charge is -2.64. The lowest BCUT2D eigenvalue weighted by Crippen LogP contribution is -2.61. The molecule has 3 aliphatic carbocycles. The third kappa shape index (κ3) is 5.05. The molecule has 3 saturated heterocycles. The molecular weight excluding hydrogens is 586 g/mol. The monoisotopic (exact) mass is 631 g/mol. The molecule has 2 amide bonds. The van der Waals surface area contributed by atoms with Crippen molar-refractivity contribution in [3.8, 4) is 0 Å². The Kier molecular flexibility index (Phi) is 7.79. The first-order valence-corrected chi connectivity index (χ1v) is 16.9. The fourth-order valence-corrected chi connectivity index (χ4v) is 9.95. The van der Waals surface area contributed by atoms with Gasteiger partial charge in [0.1, 0.15) is 25.4 Å². The molecule has 0 radical (unpaired) electrons. The van der Waals surface area contributed by atoms with Gasteiger partial charge in [-0.25, -0.2) is 4.79 Å². The van der Waals surface area contributed by atoms with E-state index in [2.05, 4.69) is 26.5 Å². The van der Waals surface area contributed by atoms with Crippen LogP contribution in [0.3, 0.4) is 0 Å². The van der Waals surface area contributed by atoms with Crippen molar-refractivity contribution in [3.63, 3.8) is 0 Å². The summed E-state index contributed by atoms with van der Waals surface area (Å²) in [6.07, 6.45) is 10.0. The number of epoxide rings is 2. The Labute approximate surface area is 270 Å². The van der Waals surface area contributed by atoms with E-state index in [4.69, 9.17) is 18.9 Å². The molecule has 3 heterocycles. The highest BCUT2D eigenvalue weighted by Gasteiger charge is 2.67. The van der Waals surface area contributed by atoms with Gasteiger partial charge in [-0.3, -0.25) is 19.3 Å². The molecule has 9 atom stereocenters. The standard InChI is InChI=1S/C37H45NO8/c1-5-23-7-12-29-35(3)14-6-15-36(4,34(42)46-21-27-19-44-27)28(35)13-16-37(29,17-23)30-22(2)31(39)38(32(30)40)25-10-8-24(9-11-25)33(41)45-20-26-18-43-26/h5,8-11,17,22,26-30H,1,6-7,12-16,18-21H2,2-4H3. The summed E-state index contributed by atoms with van der Waals surface area (Å²) in [5.41, 5.74) is 0.548. The molecule has 246 valence electrons. The topological polar surface area (TPSA) is 115 Å². The van der Waals surface area contributed by atoms with Crippen molar-refractivity contribution < 1.29 is 38.1 Å². The second-order valence-corrected chi connectivity index (χ2v) is 14.9. The van der Waals surface area contributed by atoms with Gasteiger partial charge in [0.15, 0.2) is 0 Å². The van der Waals surface area contributed by atoms with Crippen molar-refractivity contribution >= 4 is 29.4 Å². The molecule has 9 unspecified atom stereocenters. The molecule has 2 saturated carbocycles. The van der Waals surface area contributed by atoms with E-state index in [0.717, 1.165) is 44.1 Å². The summed E-state index contributed by atoms with van der Waals surface area (Å²) < 4.78 is 21.5. The number of ether oxygens (including phenoxy) is 4. The predicted molar refractivity (Wildman–Crippen MR) is 169 cm³/mol. The van der Waals surface area contributed by atoms with Crippen LogP contribution in [0.5, 0.6) is 0 Å². The number of nitrogens with zero attached hydrogens (tertiary/aromatic N) is 1. The number of carbonyl (C=O) groups excluding carboxylic acids is 4. The second-order valence-electron chi connectivity index (χ2n) is 14.9. The molecule has 7 rings (SSSR count). The second kappa shape index (κ2) is 11.4. The number of hydrogen-bond acceptors (Lipinski definition) is 8. The summed E-state index contributed by atoms with van der Waals surface area (Å²) >= 11 is 0. The maximum atomic E-state index is 14.6. The van der Waals surface area contributed by atoms with Crippen molar-refractivity contribution in [2.75, 3.05) is 31.3 Å². The minimum atomic E-state index is -0.613. The van der Waals surface area contributed by atoms with Gasteiger partial charge in [-0.05, 0) is 87.0 Å². The van der Waals surface area contributed by atoms with Crippen molar-refractivity contribution in [1.82, 2.24) is 0 Å². The Morgan fingerprint density at radius 3 is 2.28 bits per heavy atom. The number of hydrogen-bond donors (Lipinski definition) is 0. The number of esters is 2. The molecule has 46 heavy (non-hydrogen) atoms. The maximum absolute atomic E-state index is 14.6. The van der Waals surface area contributed by atoms with Crippen LogP contribution in [0.4, 0.5) is 5.69 Å². The van der Waals surface area contributed by atoms with Crippen molar-refractivity contribution in [3.05, 3.63) is 54.1 Å². The van der Waals surface area contributed by atoms with Crippen LogP contribution in [-0.2, 0) is 33.3 Å². The number of amides is 2. The molecule has 6 aliphatic rings. The molecule has 0 N–H and O–H groups in total. The van der Waals surface area contributed by atoms with E-state index in [9.17, 15) is 19.2 Å². The van der Waals surface area contributed by atoms with Gasteiger partial charge in [-0.1, -0.05) is 44.6 Å². The fraction of sp³-hybridized carbons (Fsp3) is 0.622. The lowest BCUT2D eigenvalue weighted by atomic mass is 9.39. The molecule has 0 aromatic heterocycles.